The van der Waals surface area contributed by atoms with Gasteiger partial charge < -0.3 is 15.0 Å². The van der Waals surface area contributed by atoms with Gasteiger partial charge in [0.05, 0.1) is 7.11 Å². The van der Waals surface area contributed by atoms with Gasteiger partial charge in [-0.2, -0.15) is 0 Å². The van der Waals surface area contributed by atoms with Crippen LogP contribution in [0, 0.1) is 0 Å². The Hall–Kier alpha value is -1.26. The highest BCUT2D eigenvalue weighted by Crippen LogP contribution is 2.00. The summed E-state index contributed by atoms with van der Waals surface area (Å²) in [4.78, 5) is 24.6. The normalized spacial score (nSPS) is 11.8. The maximum Gasteiger partial charge on any atom is 0.407 e. The van der Waals surface area contributed by atoms with Crippen molar-refractivity contribution >= 4 is 12.0 Å². The third kappa shape index (κ3) is 5.00. The molecule has 0 aromatic carbocycles. The van der Waals surface area contributed by atoms with Crippen LogP contribution in [0.5, 0.6) is 0 Å². The van der Waals surface area contributed by atoms with Crippen LogP contribution in [0.25, 0.3) is 0 Å². The number of nitrogens with zero attached hydrogens (tertiary/aromatic N) is 1. The average Bonchev–Trinajstić information content (AvgIpc) is 2.31. The van der Waals surface area contributed by atoms with Crippen molar-refractivity contribution in [2.45, 2.75) is 39.2 Å². The summed E-state index contributed by atoms with van der Waals surface area (Å²) in [6, 6.07) is -0.491. The molecule has 0 rings (SSSR count). The molecule has 0 fully saturated rings. The smallest absolute Gasteiger partial charge is 0.407 e. The average molecular weight is 230 g/mol. The third-order valence-corrected chi connectivity index (χ3v) is 2.41. The lowest BCUT2D eigenvalue weighted by Crippen LogP contribution is -2.47. The van der Waals surface area contributed by atoms with Gasteiger partial charge in [0.1, 0.15) is 6.04 Å². The molecule has 0 aromatic heterocycles. The minimum absolute atomic E-state index is 0.0682. The second-order valence-corrected chi connectivity index (χ2v) is 3.71. The number of alkyl carbamates (subject to hydrolysis) is 1. The Morgan fingerprint density at radius 3 is 2.44 bits per heavy atom. The lowest BCUT2D eigenvalue weighted by Gasteiger charge is -2.23. The largest absolute Gasteiger partial charge is 0.453 e. The molecule has 94 valence electrons. The first-order valence-electron chi connectivity index (χ1n) is 5.66. The number of carbonyl (C=O) groups excluding carboxylic acids is 2. The molecule has 0 aliphatic rings. The quantitative estimate of drug-likeness (QED) is 0.750. The second-order valence-electron chi connectivity index (χ2n) is 3.71. The third-order valence-electron chi connectivity index (χ3n) is 2.41. The molecule has 0 heterocycles. The number of methoxy groups -OCH3 is 1. The molecular weight excluding hydrogens is 208 g/mol. The predicted octanol–water partition coefficient (Wildman–Crippen LogP) is 1.38. The van der Waals surface area contributed by atoms with Crippen LogP contribution in [0.3, 0.4) is 0 Å². The van der Waals surface area contributed by atoms with E-state index in [-0.39, 0.29) is 5.91 Å². The fourth-order valence-electron chi connectivity index (χ4n) is 1.31. The molecule has 5 heteroatoms. The Kier molecular flexibility index (Phi) is 7.33. The van der Waals surface area contributed by atoms with Gasteiger partial charge in [0, 0.05) is 13.6 Å². The van der Waals surface area contributed by atoms with Crippen LogP contribution in [-0.2, 0) is 9.53 Å². The number of hydrogen-bond acceptors (Lipinski definition) is 3. The molecule has 0 aliphatic carbocycles. The molecule has 0 radical (unpaired) electrons. The topological polar surface area (TPSA) is 58.6 Å². The number of unbranched alkanes of at least 4 members (excludes halogenated alkanes) is 1. The van der Waals surface area contributed by atoms with Crippen molar-refractivity contribution in [2.24, 2.45) is 0 Å². The van der Waals surface area contributed by atoms with Crippen molar-refractivity contribution in [3.63, 3.8) is 0 Å². The van der Waals surface area contributed by atoms with Crippen LogP contribution in [0.4, 0.5) is 4.79 Å². The van der Waals surface area contributed by atoms with Gasteiger partial charge in [-0.3, -0.25) is 4.79 Å². The Bertz CT molecular complexity index is 231. The van der Waals surface area contributed by atoms with E-state index in [1.807, 2.05) is 6.92 Å². The van der Waals surface area contributed by atoms with Crippen LogP contribution in [0.15, 0.2) is 0 Å². The van der Waals surface area contributed by atoms with Gasteiger partial charge in [-0.25, -0.2) is 4.79 Å². The number of likely N-dealkylation sites (N-methyl/N-ethyl adjacent to an activating group) is 1. The summed E-state index contributed by atoms with van der Waals surface area (Å²) in [5.41, 5.74) is 0. The van der Waals surface area contributed by atoms with Gasteiger partial charge in [-0.1, -0.05) is 20.3 Å². The number of ether oxygens (including phenoxy) is 1. The van der Waals surface area contributed by atoms with Crippen LogP contribution >= 0.6 is 0 Å². The zero-order valence-corrected chi connectivity index (χ0v) is 10.6. The van der Waals surface area contributed by atoms with Gasteiger partial charge in [-0.05, 0) is 12.8 Å². The predicted molar refractivity (Wildman–Crippen MR) is 62.2 cm³/mol. The molecule has 2 amide bonds. The zero-order chi connectivity index (χ0) is 12.6. The summed E-state index contributed by atoms with van der Waals surface area (Å²) in [6.45, 7) is 4.64. The van der Waals surface area contributed by atoms with Gasteiger partial charge in [-0.15, -0.1) is 0 Å². The summed E-state index contributed by atoms with van der Waals surface area (Å²) in [5, 5.41) is 2.52. The van der Waals surface area contributed by atoms with Crippen molar-refractivity contribution < 1.29 is 14.3 Å². The van der Waals surface area contributed by atoms with Gasteiger partial charge in [0.25, 0.3) is 0 Å². The van der Waals surface area contributed by atoms with Crippen LogP contribution < -0.4 is 5.32 Å². The Morgan fingerprint density at radius 1 is 1.38 bits per heavy atom. The molecule has 1 atom stereocenters. The first kappa shape index (κ1) is 14.7. The molecule has 0 spiro atoms. The van der Waals surface area contributed by atoms with Crippen molar-refractivity contribution in [3.8, 4) is 0 Å². The van der Waals surface area contributed by atoms with Crippen molar-refractivity contribution in [1.82, 2.24) is 10.2 Å². The Morgan fingerprint density at radius 2 is 2.00 bits per heavy atom. The molecule has 0 bridgehead atoms. The number of rotatable bonds is 6. The van der Waals surface area contributed by atoms with E-state index in [2.05, 4.69) is 17.0 Å². The maximum absolute atomic E-state index is 11.9. The monoisotopic (exact) mass is 230 g/mol. The number of amides is 2. The van der Waals surface area contributed by atoms with Crippen LogP contribution in [-0.4, -0.2) is 43.6 Å². The van der Waals surface area contributed by atoms with Gasteiger partial charge >= 0.3 is 6.09 Å². The molecule has 5 nitrogen and oxygen atoms in total. The Balaban J connectivity index is 4.23. The Labute approximate surface area is 97.1 Å². The zero-order valence-electron chi connectivity index (χ0n) is 10.6. The van der Waals surface area contributed by atoms with Gasteiger partial charge in [0.2, 0.25) is 5.91 Å². The first-order chi connectivity index (χ1) is 7.56. The fourth-order valence-corrected chi connectivity index (χ4v) is 1.31. The number of hydrogen-bond donors (Lipinski definition) is 1. The SMILES string of the molecule is CCCCN(C)C(=O)C(CC)NC(=O)OC. The van der Waals surface area contributed by atoms with E-state index in [0.29, 0.717) is 13.0 Å². The lowest BCUT2D eigenvalue weighted by molar-refractivity contribution is -0.132. The van der Waals surface area contributed by atoms with E-state index in [9.17, 15) is 9.59 Å². The minimum Gasteiger partial charge on any atom is -0.453 e. The van der Waals surface area contributed by atoms with Crippen LogP contribution in [0.1, 0.15) is 33.1 Å². The van der Waals surface area contributed by atoms with E-state index in [1.54, 1.807) is 11.9 Å². The van der Waals surface area contributed by atoms with Crippen molar-refractivity contribution in [2.75, 3.05) is 20.7 Å². The molecule has 0 saturated heterocycles. The highest BCUT2D eigenvalue weighted by Gasteiger charge is 2.21. The van der Waals surface area contributed by atoms with E-state index in [1.165, 1.54) is 7.11 Å². The molecule has 1 N–H and O–H groups in total. The molecule has 1 unspecified atom stereocenters. The molecule has 0 aromatic rings. The summed E-state index contributed by atoms with van der Waals surface area (Å²) in [6.07, 6.45) is 2.00. The number of carbonyl (C=O) groups is 2. The van der Waals surface area contributed by atoms with E-state index >= 15 is 0 Å². The van der Waals surface area contributed by atoms with E-state index in [4.69, 9.17) is 0 Å². The minimum atomic E-state index is -0.566. The van der Waals surface area contributed by atoms with Crippen molar-refractivity contribution in [3.05, 3.63) is 0 Å². The van der Waals surface area contributed by atoms with Crippen LogP contribution in [0.2, 0.25) is 0 Å². The van der Waals surface area contributed by atoms with E-state index in [0.717, 1.165) is 12.8 Å². The maximum atomic E-state index is 11.9. The lowest BCUT2D eigenvalue weighted by atomic mass is 10.2. The summed E-state index contributed by atoms with van der Waals surface area (Å²) in [5.74, 6) is -0.0682. The molecule has 16 heavy (non-hydrogen) atoms. The van der Waals surface area contributed by atoms with Gasteiger partial charge in [0.15, 0.2) is 0 Å². The standard InChI is InChI=1S/C11H22N2O3/c1-5-7-8-13(3)10(14)9(6-2)12-11(15)16-4/h9H,5-8H2,1-4H3,(H,12,15). The highest BCUT2D eigenvalue weighted by molar-refractivity contribution is 5.85. The van der Waals surface area contributed by atoms with Crippen molar-refractivity contribution in [1.29, 1.82) is 0 Å². The summed E-state index contributed by atoms with van der Waals surface area (Å²) < 4.78 is 4.47. The highest BCUT2D eigenvalue weighted by atomic mass is 16.5. The van der Waals surface area contributed by atoms with E-state index < -0.39 is 12.1 Å². The summed E-state index contributed by atoms with van der Waals surface area (Å²) >= 11 is 0. The summed E-state index contributed by atoms with van der Waals surface area (Å²) in [7, 11) is 3.03. The fraction of sp³-hybridized carbons (Fsp3) is 0.818. The first-order valence-corrected chi connectivity index (χ1v) is 5.66. The molecular formula is C11H22N2O3. The second kappa shape index (κ2) is 7.96. The molecule has 0 saturated carbocycles. The number of nitrogens with one attached hydrogen (secondary N) is 1. The molecule has 0 aliphatic heterocycles.